The summed E-state index contributed by atoms with van der Waals surface area (Å²) >= 11 is 0. The Morgan fingerprint density at radius 3 is 2.81 bits per heavy atom. The summed E-state index contributed by atoms with van der Waals surface area (Å²) in [5.41, 5.74) is 0.663. The van der Waals surface area contributed by atoms with E-state index < -0.39 is 0 Å². The Morgan fingerprint density at radius 1 is 1.38 bits per heavy atom. The standard InChI is InChI=1S/C13H24N2.ClH/c1-11-7-12(11)8-15-6-2-3-13(10-15)4-5-14-9-13;/h11-12,14H,2-10H2,1H3;1H. The summed E-state index contributed by atoms with van der Waals surface area (Å²) in [5.74, 6) is 2.05. The number of nitrogens with one attached hydrogen (secondary N) is 1. The van der Waals surface area contributed by atoms with Crippen LogP contribution >= 0.6 is 12.4 Å². The first-order valence-corrected chi connectivity index (χ1v) is 6.71. The van der Waals surface area contributed by atoms with E-state index in [-0.39, 0.29) is 12.4 Å². The van der Waals surface area contributed by atoms with Crippen molar-refractivity contribution in [2.75, 3.05) is 32.7 Å². The van der Waals surface area contributed by atoms with Crippen LogP contribution in [0, 0.1) is 17.3 Å². The molecule has 0 radical (unpaired) electrons. The molecule has 2 nitrogen and oxygen atoms in total. The summed E-state index contributed by atoms with van der Waals surface area (Å²) in [6, 6.07) is 0. The Labute approximate surface area is 106 Å². The average Bonchev–Trinajstić information content (AvgIpc) is 2.74. The molecule has 2 saturated heterocycles. The minimum absolute atomic E-state index is 0. The Hall–Kier alpha value is 0.210. The van der Waals surface area contributed by atoms with Crippen molar-refractivity contribution in [1.82, 2.24) is 10.2 Å². The van der Waals surface area contributed by atoms with Crippen LogP contribution in [0.1, 0.15) is 32.6 Å². The van der Waals surface area contributed by atoms with E-state index in [1.807, 2.05) is 0 Å². The second-order valence-corrected chi connectivity index (χ2v) is 6.24. The zero-order valence-electron chi connectivity index (χ0n) is 10.4. The number of hydrogen-bond acceptors (Lipinski definition) is 2. The molecule has 3 atom stereocenters. The lowest BCUT2D eigenvalue weighted by Gasteiger charge is -2.40. The Morgan fingerprint density at radius 2 is 2.19 bits per heavy atom. The molecule has 0 aromatic rings. The second kappa shape index (κ2) is 4.83. The largest absolute Gasteiger partial charge is 0.316 e. The van der Waals surface area contributed by atoms with Gasteiger partial charge in [0.15, 0.2) is 0 Å². The van der Waals surface area contributed by atoms with E-state index in [2.05, 4.69) is 17.1 Å². The van der Waals surface area contributed by atoms with Crippen LogP contribution < -0.4 is 5.32 Å². The molecule has 1 aliphatic carbocycles. The monoisotopic (exact) mass is 244 g/mol. The number of likely N-dealkylation sites (tertiary alicyclic amines) is 1. The van der Waals surface area contributed by atoms with Crippen molar-refractivity contribution in [2.45, 2.75) is 32.6 Å². The average molecular weight is 245 g/mol. The third-order valence-corrected chi connectivity index (χ3v) is 4.84. The van der Waals surface area contributed by atoms with Crippen molar-refractivity contribution >= 4 is 12.4 Å². The Balaban J connectivity index is 0.000000963. The summed E-state index contributed by atoms with van der Waals surface area (Å²) in [6.45, 7) is 9.08. The molecule has 3 heteroatoms. The van der Waals surface area contributed by atoms with Gasteiger partial charge in [-0.05, 0) is 56.0 Å². The molecule has 3 fully saturated rings. The molecule has 3 aliphatic rings. The molecule has 1 N–H and O–H groups in total. The van der Waals surface area contributed by atoms with Gasteiger partial charge in [-0.15, -0.1) is 12.4 Å². The van der Waals surface area contributed by atoms with Crippen molar-refractivity contribution in [3.8, 4) is 0 Å². The van der Waals surface area contributed by atoms with Gasteiger partial charge in [-0.25, -0.2) is 0 Å². The minimum Gasteiger partial charge on any atom is -0.316 e. The molecule has 3 rings (SSSR count). The van der Waals surface area contributed by atoms with Gasteiger partial charge in [-0.2, -0.15) is 0 Å². The highest BCUT2D eigenvalue weighted by molar-refractivity contribution is 5.85. The fourth-order valence-electron chi connectivity index (χ4n) is 3.59. The van der Waals surface area contributed by atoms with Gasteiger partial charge in [0, 0.05) is 19.6 Å². The highest BCUT2D eigenvalue weighted by atomic mass is 35.5. The van der Waals surface area contributed by atoms with Gasteiger partial charge in [0.05, 0.1) is 0 Å². The summed E-state index contributed by atoms with van der Waals surface area (Å²) in [5, 5.41) is 3.55. The van der Waals surface area contributed by atoms with E-state index in [0.29, 0.717) is 5.41 Å². The third-order valence-electron chi connectivity index (χ3n) is 4.84. The van der Waals surface area contributed by atoms with E-state index in [1.165, 1.54) is 58.4 Å². The molecule has 16 heavy (non-hydrogen) atoms. The van der Waals surface area contributed by atoms with E-state index in [4.69, 9.17) is 0 Å². The van der Waals surface area contributed by atoms with Crippen molar-refractivity contribution in [2.24, 2.45) is 17.3 Å². The molecule has 0 bridgehead atoms. The van der Waals surface area contributed by atoms with Crippen LogP contribution in [-0.4, -0.2) is 37.6 Å². The van der Waals surface area contributed by atoms with Crippen LogP contribution in [0.25, 0.3) is 0 Å². The number of hydrogen-bond donors (Lipinski definition) is 1. The maximum absolute atomic E-state index is 3.55. The molecule has 1 saturated carbocycles. The van der Waals surface area contributed by atoms with Crippen LogP contribution in [0.15, 0.2) is 0 Å². The second-order valence-electron chi connectivity index (χ2n) is 6.24. The lowest BCUT2D eigenvalue weighted by atomic mass is 9.79. The number of nitrogens with zero attached hydrogens (tertiary/aromatic N) is 1. The van der Waals surface area contributed by atoms with Gasteiger partial charge >= 0.3 is 0 Å². The molecular formula is C13H25ClN2. The lowest BCUT2D eigenvalue weighted by Crippen LogP contribution is -2.45. The maximum Gasteiger partial charge on any atom is 0.00507 e. The van der Waals surface area contributed by atoms with E-state index in [1.54, 1.807) is 0 Å². The molecular weight excluding hydrogens is 220 g/mol. The molecule has 0 amide bonds. The summed E-state index contributed by atoms with van der Waals surface area (Å²) in [7, 11) is 0. The van der Waals surface area contributed by atoms with E-state index >= 15 is 0 Å². The molecule has 0 aromatic heterocycles. The first kappa shape index (κ1) is 12.7. The smallest absolute Gasteiger partial charge is 0.00507 e. The fourth-order valence-corrected chi connectivity index (χ4v) is 3.59. The number of halogens is 1. The minimum atomic E-state index is 0. The van der Waals surface area contributed by atoms with E-state index in [9.17, 15) is 0 Å². The molecule has 1 spiro atoms. The quantitative estimate of drug-likeness (QED) is 0.801. The summed E-state index contributed by atoms with van der Waals surface area (Å²) < 4.78 is 0. The van der Waals surface area contributed by atoms with Gasteiger partial charge in [0.25, 0.3) is 0 Å². The summed E-state index contributed by atoms with van der Waals surface area (Å²) in [6.07, 6.45) is 5.81. The zero-order chi connectivity index (χ0) is 10.3. The Kier molecular flexibility index (Phi) is 3.82. The molecule has 2 aliphatic heterocycles. The fraction of sp³-hybridized carbons (Fsp3) is 1.00. The molecule has 0 aromatic carbocycles. The zero-order valence-corrected chi connectivity index (χ0v) is 11.2. The first-order chi connectivity index (χ1) is 7.27. The van der Waals surface area contributed by atoms with Crippen LogP contribution in [0.3, 0.4) is 0 Å². The van der Waals surface area contributed by atoms with Crippen molar-refractivity contribution in [1.29, 1.82) is 0 Å². The number of piperidine rings is 1. The van der Waals surface area contributed by atoms with Crippen molar-refractivity contribution < 1.29 is 0 Å². The predicted molar refractivity (Wildman–Crippen MR) is 70.1 cm³/mol. The van der Waals surface area contributed by atoms with Crippen molar-refractivity contribution in [3.05, 3.63) is 0 Å². The third kappa shape index (κ3) is 2.55. The molecule has 3 unspecified atom stereocenters. The van der Waals surface area contributed by atoms with Gasteiger partial charge < -0.3 is 10.2 Å². The lowest BCUT2D eigenvalue weighted by molar-refractivity contribution is 0.0985. The predicted octanol–water partition coefficient (Wildman–Crippen LogP) is 2.14. The van der Waals surface area contributed by atoms with Crippen LogP contribution in [0.2, 0.25) is 0 Å². The normalized spacial score (nSPS) is 43.3. The topological polar surface area (TPSA) is 15.3 Å². The van der Waals surface area contributed by atoms with Crippen LogP contribution in [0.5, 0.6) is 0 Å². The number of rotatable bonds is 2. The highest BCUT2D eigenvalue weighted by Crippen LogP contribution is 2.41. The van der Waals surface area contributed by atoms with Crippen LogP contribution in [-0.2, 0) is 0 Å². The van der Waals surface area contributed by atoms with Gasteiger partial charge in [-0.3, -0.25) is 0 Å². The molecule has 94 valence electrons. The van der Waals surface area contributed by atoms with Gasteiger partial charge in [0.1, 0.15) is 0 Å². The Bertz CT molecular complexity index is 238. The SMILES string of the molecule is CC1CC1CN1CCCC2(CCNC2)C1.Cl. The summed E-state index contributed by atoms with van der Waals surface area (Å²) in [4.78, 5) is 2.75. The highest BCUT2D eigenvalue weighted by Gasteiger charge is 2.40. The van der Waals surface area contributed by atoms with Crippen molar-refractivity contribution in [3.63, 3.8) is 0 Å². The molecule has 2 heterocycles. The van der Waals surface area contributed by atoms with Gasteiger partial charge in [0.2, 0.25) is 0 Å². The maximum atomic E-state index is 3.55. The van der Waals surface area contributed by atoms with Crippen LogP contribution in [0.4, 0.5) is 0 Å². The van der Waals surface area contributed by atoms with E-state index in [0.717, 1.165) is 11.8 Å². The first-order valence-electron chi connectivity index (χ1n) is 6.71. The van der Waals surface area contributed by atoms with Gasteiger partial charge in [-0.1, -0.05) is 6.92 Å².